The second-order valence-corrected chi connectivity index (χ2v) is 7.26. The van der Waals surface area contributed by atoms with Crippen LogP contribution in [0, 0.1) is 0 Å². The normalized spacial score (nSPS) is 12.5. The SMILES string of the molecule is CC(C)(Sc1ccc(P(=O)(O)O)cc1)C(=O)O. The summed E-state index contributed by atoms with van der Waals surface area (Å²) < 4.78 is 9.95. The van der Waals surface area contributed by atoms with E-state index in [0.29, 0.717) is 4.90 Å². The highest BCUT2D eigenvalue weighted by Gasteiger charge is 2.28. The van der Waals surface area contributed by atoms with Crippen LogP contribution in [0.4, 0.5) is 0 Å². The highest BCUT2D eigenvalue weighted by Crippen LogP contribution is 2.36. The van der Waals surface area contributed by atoms with E-state index < -0.39 is 18.3 Å². The molecule has 0 fully saturated rings. The van der Waals surface area contributed by atoms with Crippen molar-refractivity contribution in [1.29, 1.82) is 0 Å². The molecule has 1 rings (SSSR count). The van der Waals surface area contributed by atoms with Crippen LogP contribution in [0.1, 0.15) is 13.8 Å². The van der Waals surface area contributed by atoms with Gasteiger partial charge in [-0.05, 0) is 38.1 Å². The molecule has 17 heavy (non-hydrogen) atoms. The third kappa shape index (κ3) is 3.85. The highest BCUT2D eigenvalue weighted by atomic mass is 32.2. The molecule has 0 radical (unpaired) electrons. The molecule has 94 valence electrons. The monoisotopic (exact) mass is 276 g/mol. The quantitative estimate of drug-likeness (QED) is 0.569. The first-order valence-corrected chi connectivity index (χ1v) is 7.14. The fourth-order valence-electron chi connectivity index (χ4n) is 1.05. The highest BCUT2D eigenvalue weighted by molar-refractivity contribution is 8.01. The summed E-state index contributed by atoms with van der Waals surface area (Å²) in [5.41, 5.74) is 0. The molecular formula is C10H13O5PS. The molecule has 0 bridgehead atoms. The van der Waals surface area contributed by atoms with Crippen molar-refractivity contribution >= 4 is 30.6 Å². The molecule has 0 saturated heterocycles. The van der Waals surface area contributed by atoms with Crippen molar-refractivity contribution in [3.8, 4) is 0 Å². The Hall–Kier alpha value is -0.810. The number of aliphatic carboxylic acids is 1. The summed E-state index contributed by atoms with van der Waals surface area (Å²) in [7, 11) is -4.23. The van der Waals surface area contributed by atoms with Crippen LogP contribution in [0.15, 0.2) is 29.2 Å². The van der Waals surface area contributed by atoms with Gasteiger partial charge in [0.2, 0.25) is 0 Å². The van der Waals surface area contributed by atoms with E-state index in [9.17, 15) is 9.36 Å². The number of hydrogen-bond acceptors (Lipinski definition) is 3. The molecule has 0 saturated carbocycles. The molecule has 1 aromatic carbocycles. The van der Waals surface area contributed by atoms with E-state index >= 15 is 0 Å². The summed E-state index contributed by atoms with van der Waals surface area (Å²) in [4.78, 5) is 29.4. The van der Waals surface area contributed by atoms with Crippen LogP contribution in [-0.2, 0) is 9.36 Å². The van der Waals surface area contributed by atoms with Crippen LogP contribution in [0.2, 0.25) is 0 Å². The smallest absolute Gasteiger partial charge is 0.356 e. The van der Waals surface area contributed by atoms with Crippen molar-refractivity contribution in [2.45, 2.75) is 23.5 Å². The van der Waals surface area contributed by atoms with Gasteiger partial charge in [-0.3, -0.25) is 9.36 Å². The van der Waals surface area contributed by atoms with E-state index in [0.717, 1.165) is 11.8 Å². The van der Waals surface area contributed by atoms with Crippen LogP contribution >= 0.6 is 19.4 Å². The Kier molecular flexibility index (Phi) is 4.04. The summed E-state index contributed by atoms with van der Waals surface area (Å²) in [6, 6.07) is 5.62. The van der Waals surface area contributed by atoms with Gasteiger partial charge in [0.15, 0.2) is 0 Å². The molecule has 1 aromatic rings. The number of carbonyl (C=O) groups is 1. The third-order valence-electron chi connectivity index (χ3n) is 2.06. The summed E-state index contributed by atoms with van der Waals surface area (Å²) in [6.07, 6.45) is 0. The summed E-state index contributed by atoms with van der Waals surface area (Å²) in [5, 5.41) is 8.87. The summed E-state index contributed by atoms with van der Waals surface area (Å²) >= 11 is 1.12. The van der Waals surface area contributed by atoms with Gasteiger partial charge < -0.3 is 14.9 Å². The molecule has 3 N–H and O–H groups in total. The number of rotatable bonds is 4. The predicted molar refractivity (Wildman–Crippen MR) is 65.7 cm³/mol. The number of carboxylic acids is 1. The maximum absolute atomic E-state index is 10.9. The molecule has 0 aliphatic carbocycles. The average Bonchev–Trinajstić information content (AvgIpc) is 2.16. The molecule has 0 atom stereocenters. The lowest BCUT2D eigenvalue weighted by Crippen LogP contribution is -2.26. The Bertz CT molecular complexity index is 462. The molecule has 5 nitrogen and oxygen atoms in total. The molecule has 0 aliphatic rings. The first-order chi connectivity index (χ1) is 7.63. The molecule has 0 amide bonds. The van der Waals surface area contributed by atoms with E-state index in [-0.39, 0.29) is 5.30 Å². The van der Waals surface area contributed by atoms with Gasteiger partial charge in [-0.1, -0.05) is 0 Å². The van der Waals surface area contributed by atoms with Gasteiger partial charge in [0.05, 0.1) is 5.30 Å². The van der Waals surface area contributed by atoms with Crippen molar-refractivity contribution in [2.75, 3.05) is 0 Å². The lowest BCUT2D eigenvalue weighted by Gasteiger charge is -2.18. The van der Waals surface area contributed by atoms with Crippen LogP contribution < -0.4 is 5.30 Å². The minimum atomic E-state index is -4.23. The van der Waals surface area contributed by atoms with Crippen LogP contribution in [0.25, 0.3) is 0 Å². The maximum atomic E-state index is 10.9. The molecular weight excluding hydrogens is 263 g/mol. The Morgan fingerprint density at radius 3 is 2.06 bits per heavy atom. The Balaban J connectivity index is 2.90. The van der Waals surface area contributed by atoms with Crippen LogP contribution in [0.3, 0.4) is 0 Å². The van der Waals surface area contributed by atoms with Crippen molar-refractivity contribution in [2.24, 2.45) is 0 Å². The number of carboxylic acid groups (broad SMARTS) is 1. The number of thioether (sulfide) groups is 1. The van der Waals surface area contributed by atoms with Gasteiger partial charge in [-0.25, -0.2) is 0 Å². The number of benzene rings is 1. The van der Waals surface area contributed by atoms with Crippen molar-refractivity contribution < 1.29 is 24.3 Å². The summed E-state index contributed by atoms with van der Waals surface area (Å²) in [6.45, 7) is 3.13. The average molecular weight is 276 g/mol. The van der Waals surface area contributed by atoms with E-state index in [1.54, 1.807) is 13.8 Å². The Labute approximate surface area is 103 Å². The maximum Gasteiger partial charge on any atom is 0.356 e. The van der Waals surface area contributed by atoms with Crippen LogP contribution in [-0.4, -0.2) is 25.6 Å². The fourth-order valence-corrected chi connectivity index (χ4v) is 2.53. The molecule has 0 aromatic heterocycles. The third-order valence-corrected chi connectivity index (χ3v) is 4.22. The molecule has 0 heterocycles. The number of hydrogen-bond donors (Lipinski definition) is 3. The topological polar surface area (TPSA) is 94.8 Å². The Morgan fingerprint density at radius 2 is 1.71 bits per heavy atom. The van der Waals surface area contributed by atoms with E-state index in [4.69, 9.17) is 14.9 Å². The molecule has 7 heteroatoms. The van der Waals surface area contributed by atoms with E-state index in [1.807, 2.05) is 0 Å². The zero-order chi connectivity index (χ0) is 13.3. The minimum Gasteiger partial charge on any atom is -0.480 e. The lowest BCUT2D eigenvalue weighted by molar-refractivity contribution is -0.138. The standard InChI is InChI=1S/C10H13O5PS/c1-10(2,9(11)12)17-8-5-3-7(4-6-8)16(13,14)15/h3-6H,1-2H3,(H,11,12)(H2,13,14,15). The van der Waals surface area contributed by atoms with Crippen molar-refractivity contribution in [3.05, 3.63) is 24.3 Å². The lowest BCUT2D eigenvalue weighted by atomic mass is 10.2. The van der Waals surface area contributed by atoms with E-state index in [2.05, 4.69) is 0 Å². The summed E-state index contributed by atoms with van der Waals surface area (Å²) in [5.74, 6) is -0.943. The largest absolute Gasteiger partial charge is 0.480 e. The second-order valence-electron chi connectivity index (χ2n) is 3.96. The zero-order valence-corrected chi connectivity index (χ0v) is 11.0. The van der Waals surface area contributed by atoms with Gasteiger partial charge in [0.1, 0.15) is 4.75 Å². The first kappa shape index (κ1) is 14.3. The van der Waals surface area contributed by atoms with Crippen LogP contribution in [0.5, 0.6) is 0 Å². The van der Waals surface area contributed by atoms with Gasteiger partial charge in [0.25, 0.3) is 0 Å². The predicted octanol–water partition coefficient (Wildman–Crippen LogP) is 1.44. The first-order valence-electron chi connectivity index (χ1n) is 4.71. The van der Waals surface area contributed by atoms with Crippen molar-refractivity contribution in [3.63, 3.8) is 0 Å². The fraction of sp³-hybridized carbons (Fsp3) is 0.300. The van der Waals surface area contributed by atoms with E-state index in [1.165, 1.54) is 24.3 Å². The molecule has 0 aliphatic heterocycles. The zero-order valence-electron chi connectivity index (χ0n) is 9.32. The van der Waals surface area contributed by atoms with Gasteiger partial charge in [-0.15, -0.1) is 11.8 Å². The van der Waals surface area contributed by atoms with Gasteiger partial charge >= 0.3 is 13.6 Å². The van der Waals surface area contributed by atoms with Gasteiger partial charge in [-0.2, -0.15) is 0 Å². The van der Waals surface area contributed by atoms with Crippen molar-refractivity contribution in [1.82, 2.24) is 0 Å². The molecule has 0 spiro atoms. The molecule has 0 unspecified atom stereocenters. The van der Waals surface area contributed by atoms with Gasteiger partial charge in [0, 0.05) is 4.90 Å². The Morgan fingerprint density at radius 1 is 1.24 bits per heavy atom. The second kappa shape index (κ2) is 4.82. The minimum absolute atomic E-state index is 0.0741.